The van der Waals surface area contributed by atoms with Crippen molar-refractivity contribution in [1.29, 1.82) is 0 Å². The average Bonchev–Trinajstić information content (AvgIpc) is 2.81. The summed E-state index contributed by atoms with van der Waals surface area (Å²) in [6.45, 7) is 5.85. The molecule has 3 nitrogen and oxygen atoms in total. The van der Waals surface area contributed by atoms with E-state index >= 15 is 0 Å². The summed E-state index contributed by atoms with van der Waals surface area (Å²) < 4.78 is 0. The third-order valence-corrected chi connectivity index (χ3v) is 3.38. The Bertz CT molecular complexity index is 337. The number of rotatable bonds is 2. The monoisotopic (exact) mass is 193 g/mol. The smallest absolute Gasteiger partial charge is 0.257 e. The molecule has 1 saturated carbocycles. The Hall–Kier alpha value is -1.12. The number of imide groups is 1. The summed E-state index contributed by atoms with van der Waals surface area (Å²) in [4.78, 5) is 24.8. The summed E-state index contributed by atoms with van der Waals surface area (Å²) in [5.41, 5.74) is 0.407. The van der Waals surface area contributed by atoms with Crippen LogP contribution in [-0.4, -0.2) is 22.3 Å². The van der Waals surface area contributed by atoms with Crippen molar-refractivity contribution < 1.29 is 9.59 Å². The van der Waals surface area contributed by atoms with Crippen molar-refractivity contribution in [2.24, 2.45) is 5.92 Å². The summed E-state index contributed by atoms with van der Waals surface area (Å²) in [6.07, 6.45) is 3.37. The lowest BCUT2D eigenvalue weighted by molar-refractivity contribution is -0.142. The van der Waals surface area contributed by atoms with Crippen LogP contribution in [0.3, 0.4) is 0 Å². The number of nitrogens with zero attached hydrogens (tertiary/aromatic N) is 1. The van der Waals surface area contributed by atoms with E-state index in [-0.39, 0.29) is 17.4 Å². The molecule has 0 saturated heterocycles. The molecule has 0 aromatic heterocycles. The largest absolute Gasteiger partial charge is 0.269 e. The fourth-order valence-corrected chi connectivity index (χ4v) is 2.20. The molecule has 2 amide bonds. The highest BCUT2D eigenvalue weighted by atomic mass is 16.2. The van der Waals surface area contributed by atoms with Crippen LogP contribution in [0.25, 0.3) is 0 Å². The van der Waals surface area contributed by atoms with E-state index in [1.165, 1.54) is 11.0 Å². The topological polar surface area (TPSA) is 37.4 Å². The molecule has 1 aliphatic carbocycles. The van der Waals surface area contributed by atoms with Crippen molar-refractivity contribution in [3.63, 3.8) is 0 Å². The zero-order chi connectivity index (χ0) is 10.5. The highest BCUT2D eigenvalue weighted by Gasteiger charge is 2.56. The minimum absolute atomic E-state index is 0.0961. The second kappa shape index (κ2) is 2.69. The molecule has 14 heavy (non-hydrogen) atoms. The van der Waals surface area contributed by atoms with Gasteiger partial charge in [0, 0.05) is 11.6 Å². The lowest BCUT2D eigenvalue weighted by atomic mass is 10.00. The lowest BCUT2D eigenvalue weighted by Gasteiger charge is -2.29. The molecule has 2 rings (SSSR count). The highest BCUT2D eigenvalue weighted by Crippen LogP contribution is 2.49. The maximum Gasteiger partial charge on any atom is 0.257 e. The summed E-state index contributed by atoms with van der Waals surface area (Å²) in [5, 5.41) is 0. The zero-order valence-corrected chi connectivity index (χ0v) is 8.83. The molecule has 0 N–H and O–H groups in total. The normalized spacial score (nSPS) is 24.6. The molecule has 3 heteroatoms. The maximum absolute atomic E-state index is 11.7. The molecule has 1 fully saturated rings. The van der Waals surface area contributed by atoms with Gasteiger partial charge < -0.3 is 0 Å². The molecule has 0 unspecified atom stereocenters. The van der Waals surface area contributed by atoms with Crippen molar-refractivity contribution >= 4 is 11.8 Å². The number of amides is 2. The van der Waals surface area contributed by atoms with Crippen LogP contribution in [0.1, 0.15) is 33.6 Å². The maximum atomic E-state index is 11.7. The van der Waals surface area contributed by atoms with E-state index in [9.17, 15) is 9.59 Å². The number of hydrogen-bond donors (Lipinski definition) is 0. The van der Waals surface area contributed by atoms with Gasteiger partial charge >= 0.3 is 0 Å². The van der Waals surface area contributed by atoms with Crippen molar-refractivity contribution in [3.8, 4) is 0 Å². The molecule has 2 aliphatic rings. The summed E-state index contributed by atoms with van der Waals surface area (Å²) in [7, 11) is 0. The fraction of sp³-hybridized carbons (Fsp3) is 0.636. The third-order valence-electron chi connectivity index (χ3n) is 3.38. The Morgan fingerprint density at radius 3 is 2.21 bits per heavy atom. The Balaban J connectivity index is 2.30. The van der Waals surface area contributed by atoms with E-state index in [1.807, 2.05) is 0 Å². The summed E-state index contributed by atoms with van der Waals surface area (Å²) >= 11 is 0. The Morgan fingerprint density at radius 1 is 1.36 bits per heavy atom. The van der Waals surface area contributed by atoms with Crippen LogP contribution in [0.4, 0.5) is 0 Å². The first-order valence-corrected chi connectivity index (χ1v) is 5.06. The van der Waals surface area contributed by atoms with Gasteiger partial charge in [-0.3, -0.25) is 14.5 Å². The Morgan fingerprint density at radius 2 is 1.93 bits per heavy atom. The van der Waals surface area contributed by atoms with E-state index in [4.69, 9.17) is 0 Å². The number of carbonyl (C=O) groups excluding carboxylic acids is 2. The van der Waals surface area contributed by atoms with Crippen molar-refractivity contribution in [1.82, 2.24) is 4.90 Å². The first-order chi connectivity index (χ1) is 6.49. The second-order valence-corrected chi connectivity index (χ2v) is 4.56. The summed E-state index contributed by atoms with van der Waals surface area (Å²) in [6, 6.07) is 0. The van der Waals surface area contributed by atoms with E-state index in [2.05, 4.69) is 13.8 Å². The molecule has 0 radical (unpaired) electrons. The summed E-state index contributed by atoms with van der Waals surface area (Å²) in [5.74, 6) is 0.134. The molecule has 0 atom stereocenters. The van der Waals surface area contributed by atoms with Gasteiger partial charge in [-0.25, -0.2) is 0 Å². The van der Waals surface area contributed by atoms with Crippen LogP contribution in [-0.2, 0) is 9.59 Å². The van der Waals surface area contributed by atoms with Gasteiger partial charge in [-0.05, 0) is 25.7 Å². The molecule has 1 heterocycles. The van der Waals surface area contributed by atoms with Crippen molar-refractivity contribution in [2.75, 3.05) is 0 Å². The number of carbonyl (C=O) groups is 2. The molecule has 0 aromatic carbocycles. The zero-order valence-electron chi connectivity index (χ0n) is 8.83. The van der Waals surface area contributed by atoms with Crippen LogP contribution < -0.4 is 0 Å². The average molecular weight is 193 g/mol. The number of hydrogen-bond acceptors (Lipinski definition) is 2. The van der Waals surface area contributed by atoms with Gasteiger partial charge in [0.05, 0.1) is 5.54 Å². The van der Waals surface area contributed by atoms with Gasteiger partial charge in [0.15, 0.2) is 0 Å². The molecule has 0 bridgehead atoms. The van der Waals surface area contributed by atoms with Gasteiger partial charge in [-0.1, -0.05) is 13.8 Å². The van der Waals surface area contributed by atoms with Gasteiger partial charge in [0.2, 0.25) is 0 Å². The second-order valence-electron chi connectivity index (χ2n) is 4.56. The van der Waals surface area contributed by atoms with E-state index in [0.29, 0.717) is 11.5 Å². The van der Waals surface area contributed by atoms with E-state index in [1.54, 1.807) is 6.92 Å². The van der Waals surface area contributed by atoms with E-state index in [0.717, 1.165) is 12.8 Å². The predicted molar refractivity (Wildman–Crippen MR) is 52.4 cm³/mol. The third kappa shape index (κ3) is 1.04. The molecule has 0 spiro atoms. The Labute approximate surface area is 83.8 Å². The van der Waals surface area contributed by atoms with Gasteiger partial charge in [0.1, 0.15) is 0 Å². The van der Waals surface area contributed by atoms with Crippen LogP contribution in [0.2, 0.25) is 0 Å². The quantitative estimate of drug-likeness (QED) is 0.623. The van der Waals surface area contributed by atoms with Crippen molar-refractivity contribution in [2.45, 2.75) is 39.2 Å². The molecular weight excluding hydrogens is 178 g/mol. The predicted octanol–water partition coefficient (Wildman–Crippen LogP) is 1.49. The van der Waals surface area contributed by atoms with Gasteiger partial charge in [0.25, 0.3) is 11.8 Å². The minimum atomic E-state index is -0.164. The first-order valence-electron chi connectivity index (χ1n) is 5.06. The SMILES string of the molecule is CC1=CC(=O)N(C2(C(C)C)CC2)C1=O. The standard InChI is InChI=1S/C11H15NO2/c1-7(2)11(4-5-11)12-9(13)6-8(3)10(12)14/h6-7H,4-5H2,1-3H3. The molecular formula is C11H15NO2. The van der Waals surface area contributed by atoms with E-state index < -0.39 is 0 Å². The van der Waals surface area contributed by atoms with Crippen LogP contribution in [0.15, 0.2) is 11.6 Å². The minimum Gasteiger partial charge on any atom is -0.269 e. The molecule has 1 aliphatic heterocycles. The first kappa shape index (κ1) is 9.44. The van der Waals surface area contributed by atoms with Crippen LogP contribution in [0.5, 0.6) is 0 Å². The van der Waals surface area contributed by atoms with Gasteiger partial charge in [-0.2, -0.15) is 0 Å². The highest BCUT2D eigenvalue weighted by molar-refractivity contribution is 6.16. The van der Waals surface area contributed by atoms with Crippen LogP contribution >= 0.6 is 0 Å². The molecule has 76 valence electrons. The fourth-order valence-electron chi connectivity index (χ4n) is 2.20. The van der Waals surface area contributed by atoms with Crippen LogP contribution in [0, 0.1) is 5.92 Å². The van der Waals surface area contributed by atoms with Crippen molar-refractivity contribution in [3.05, 3.63) is 11.6 Å². The molecule has 0 aromatic rings. The van der Waals surface area contributed by atoms with Gasteiger partial charge in [-0.15, -0.1) is 0 Å². The Kier molecular flexibility index (Phi) is 1.81. The lowest BCUT2D eigenvalue weighted by Crippen LogP contribution is -2.45.